The monoisotopic (exact) mass is 881 g/mol. The number of carbonyl (C=O) groups is 7. The molecule has 16 heteroatoms. The number of aliphatic carboxylic acids is 1. The van der Waals surface area contributed by atoms with Crippen molar-refractivity contribution in [3.63, 3.8) is 0 Å². The van der Waals surface area contributed by atoms with Crippen LogP contribution < -0.4 is 31.9 Å². The molecule has 7 N–H and O–H groups in total. The zero-order valence-electron chi connectivity index (χ0n) is 38.9. The Morgan fingerprint density at radius 1 is 0.587 bits per heavy atom. The normalized spacial score (nSPS) is 13.4. The van der Waals surface area contributed by atoms with E-state index in [9.17, 15) is 38.7 Å². The van der Waals surface area contributed by atoms with E-state index in [0.29, 0.717) is 31.2 Å². The molecule has 350 valence electrons. The lowest BCUT2D eigenvalue weighted by Crippen LogP contribution is -2.58. The SMILES string of the molecule is CCCCc1ccc(-c2ccc(C(=O)NC(CCCCNC(=O)OC(C)(C)C)C(=O)NC(C(=O)NC(C)C(=O)NC(CCCCNC(=O)OC(C)(C)C)C(=O)O)C(C)C)cc2)cc1. The van der Waals surface area contributed by atoms with E-state index in [2.05, 4.69) is 63.1 Å². The molecule has 0 bridgehead atoms. The zero-order valence-corrected chi connectivity index (χ0v) is 38.9. The summed E-state index contributed by atoms with van der Waals surface area (Å²) in [6.07, 6.45) is 4.03. The van der Waals surface area contributed by atoms with Crippen LogP contribution in [0, 0.1) is 5.92 Å². The largest absolute Gasteiger partial charge is 0.480 e. The number of hydrogen-bond donors (Lipinski definition) is 7. The standard InChI is InChI=1S/C47H72N6O10/c1-11-12-17-32-20-22-33(23-21-32)34-24-26-35(27-25-34)40(55)51-36(18-13-15-28-48-44(60)62-46(5,6)7)41(56)53-38(30(2)3)42(57)50-31(4)39(54)52-37(43(58)59)19-14-16-29-49-45(61)63-47(8,9)10/h20-27,30-31,36-38H,11-19,28-29H2,1-10H3,(H,48,60)(H,49,61)(H,50,57)(H,51,55)(H,52,54)(H,53,56)(H,58,59). The van der Waals surface area contributed by atoms with Gasteiger partial charge >= 0.3 is 18.2 Å². The molecule has 16 nitrogen and oxygen atoms in total. The third-order valence-electron chi connectivity index (χ3n) is 9.66. The molecule has 6 amide bonds. The highest BCUT2D eigenvalue weighted by Crippen LogP contribution is 2.21. The summed E-state index contributed by atoms with van der Waals surface area (Å²) in [4.78, 5) is 90.1. The minimum absolute atomic E-state index is 0.0731. The van der Waals surface area contributed by atoms with Crippen molar-refractivity contribution in [2.45, 2.75) is 162 Å². The molecule has 2 aromatic rings. The molecule has 0 heterocycles. The predicted octanol–water partition coefficient (Wildman–Crippen LogP) is 6.40. The Kier molecular flexibility index (Phi) is 22.1. The van der Waals surface area contributed by atoms with Crippen molar-refractivity contribution in [2.24, 2.45) is 5.92 Å². The predicted molar refractivity (Wildman–Crippen MR) is 242 cm³/mol. The Balaban J connectivity index is 2.11. The number of carbonyl (C=O) groups excluding carboxylic acids is 6. The number of aryl methyl sites for hydroxylation is 1. The molecule has 0 aliphatic rings. The lowest BCUT2D eigenvalue weighted by Gasteiger charge is -2.27. The molecule has 0 fully saturated rings. The average molecular weight is 881 g/mol. The number of carboxylic acid groups (broad SMARTS) is 1. The molecule has 0 spiro atoms. The molecule has 2 aromatic carbocycles. The van der Waals surface area contributed by atoms with Crippen molar-refractivity contribution in [2.75, 3.05) is 13.1 Å². The first-order chi connectivity index (χ1) is 29.5. The lowest BCUT2D eigenvalue weighted by molar-refractivity contribution is -0.142. The Morgan fingerprint density at radius 2 is 1.08 bits per heavy atom. The van der Waals surface area contributed by atoms with E-state index >= 15 is 0 Å². The number of alkyl carbamates (subject to hydrolysis) is 2. The zero-order chi connectivity index (χ0) is 47.3. The van der Waals surface area contributed by atoms with E-state index in [1.165, 1.54) is 12.5 Å². The molecule has 0 saturated heterocycles. The van der Waals surface area contributed by atoms with Gasteiger partial charge in [0.15, 0.2) is 0 Å². The Hall–Kier alpha value is -5.67. The van der Waals surface area contributed by atoms with Crippen LogP contribution >= 0.6 is 0 Å². The van der Waals surface area contributed by atoms with E-state index in [-0.39, 0.29) is 25.9 Å². The maximum atomic E-state index is 13.9. The molecule has 0 saturated carbocycles. The van der Waals surface area contributed by atoms with Gasteiger partial charge in [-0.2, -0.15) is 0 Å². The summed E-state index contributed by atoms with van der Waals surface area (Å²) in [5.41, 5.74) is 2.21. The van der Waals surface area contributed by atoms with Crippen molar-refractivity contribution in [3.8, 4) is 11.1 Å². The van der Waals surface area contributed by atoms with Gasteiger partial charge in [-0.15, -0.1) is 0 Å². The molecule has 2 rings (SSSR count). The van der Waals surface area contributed by atoms with E-state index in [1.54, 1.807) is 67.5 Å². The number of unbranched alkanes of at least 4 members (excludes halogenated alkanes) is 3. The van der Waals surface area contributed by atoms with Crippen LogP contribution in [0.15, 0.2) is 48.5 Å². The van der Waals surface area contributed by atoms with Crippen LogP contribution in [-0.4, -0.2) is 95.4 Å². The molecule has 0 aliphatic heterocycles. The first kappa shape index (κ1) is 53.5. The smallest absolute Gasteiger partial charge is 0.407 e. The molecule has 0 aliphatic carbocycles. The summed E-state index contributed by atoms with van der Waals surface area (Å²) >= 11 is 0. The topological polar surface area (TPSA) is 230 Å². The van der Waals surface area contributed by atoms with Crippen molar-refractivity contribution >= 4 is 41.8 Å². The van der Waals surface area contributed by atoms with Gasteiger partial charge in [-0.25, -0.2) is 14.4 Å². The fourth-order valence-corrected chi connectivity index (χ4v) is 6.24. The van der Waals surface area contributed by atoms with E-state index < -0.39 is 83.1 Å². The number of ether oxygens (including phenoxy) is 2. The van der Waals surface area contributed by atoms with Crippen molar-refractivity contribution in [1.82, 2.24) is 31.9 Å². The fourth-order valence-electron chi connectivity index (χ4n) is 6.24. The number of nitrogens with one attached hydrogen (secondary N) is 6. The summed E-state index contributed by atoms with van der Waals surface area (Å²) in [7, 11) is 0. The second kappa shape index (κ2) is 26.1. The summed E-state index contributed by atoms with van der Waals surface area (Å²) in [6, 6.07) is 10.8. The summed E-state index contributed by atoms with van der Waals surface area (Å²) in [6.45, 7) is 18.0. The quantitative estimate of drug-likeness (QED) is 0.0574. The van der Waals surface area contributed by atoms with Crippen LogP contribution in [0.2, 0.25) is 0 Å². The molecular formula is C47H72N6O10. The van der Waals surface area contributed by atoms with Gasteiger partial charge < -0.3 is 46.5 Å². The molecule has 4 unspecified atom stereocenters. The molecule has 63 heavy (non-hydrogen) atoms. The number of rotatable bonds is 24. The number of carboxylic acids is 1. The summed E-state index contributed by atoms with van der Waals surface area (Å²) in [5.74, 6) is -4.24. The maximum Gasteiger partial charge on any atom is 0.407 e. The van der Waals surface area contributed by atoms with Gasteiger partial charge in [-0.1, -0.05) is 63.6 Å². The second-order valence-electron chi connectivity index (χ2n) is 18.1. The Labute approximate surface area is 373 Å². The van der Waals surface area contributed by atoms with Crippen molar-refractivity contribution in [1.29, 1.82) is 0 Å². The van der Waals surface area contributed by atoms with Gasteiger partial charge in [0.2, 0.25) is 17.7 Å². The maximum absolute atomic E-state index is 13.9. The van der Waals surface area contributed by atoms with Crippen LogP contribution in [0.4, 0.5) is 9.59 Å². The van der Waals surface area contributed by atoms with Crippen LogP contribution in [-0.2, 0) is 35.1 Å². The van der Waals surface area contributed by atoms with E-state index in [1.807, 2.05) is 12.1 Å². The lowest BCUT2D eigenvalue weighted by atomic mass is 10.00. The number of amides is 6. The summed E-state index contributed by atoms with van der Waals surface area (Å²) < 4.78 is 10.5. The first-order valence-corrected chi connectivity index (χ1v) is 22.1. The minimum Gasteiger partial charge on any atom is -0.480 e. The highest BCUT2D eigenvalue weighted by molar-refractivity contribution is 5.99. The van der Waals surface area contributed by atoms with Crippen LogP contribution in [0.1, 0.15) is 137 Å². The number of benzene rings is 2. The van der Waals surface area contributed by atoms with Gasteiger partial charge in [0, 0.05) is 18.7 Å². The van der Waals surface area contributed by atoms with Crippen LogP contribution in [0.3, 0.4) is 0 Å². The van der Waals surface area contributed by atoms with E-state index in [4.69, 9.17) is 9.47 Å². The highest BCUT2D eigenvalue weighted by Gasteiger charge is 2.31. The minimum atomic E-state index is -1.26. The van der Waals surface area contributed by atoms with Gasteiger partial charge in [0.05, 0.1) is 0 Å². The first-order valence-electron chi connectivity index (χ1n) is 22.1. The fraction of sp³-hybridized carbons (Fsp3) is 0.596. The molecule has 4 atom stereocenters. The van der Waals surface area contributed by atoms with E-state index in [0.717, 1.165) is 30.4 Å². The average Bonchev–Trinajstić information content (AvgIpc) is 3.19. The van der Waals surface area contributed by atoms with Crippen molar-refractivity contribution in [3.05, 3.63) is 59.7 Å². The van der Waals surface area contributed by atoms with Gasteiger partial charge in [-0.3, -0.25) is 19.2 Å². The third kappa shape index (κ3) is 21.3. The van der Waals surface area contributed by atoms with Crippen LogP contribution in [0.5, 0.6) is 0 Å². The highest BCUT2D eigenvalue weighted by atomic mass is 16.6. The van der Waals surface area contributed by atoms with Crippen LogP contribution in [0.25, 0.3) is 11.1 Å². The molecule has 0 radical (unpaired) electrons. The third-order valence-corrected chi connectivity index (χ3v) is 9.66. The molecule has 0 aromatic heterocycles. The van der Waals surface area contributed by atoms with Gasteiger partial charge in [0.1, 0.15) is 35.4 Å². The van der Waals surface area contributed by atoms with Gasteiger partial charge in [0.25, 0.3) is 5.91 Å². The second-order valence-corrected chi connectivity index (χ2v) is 18.1. The Morgan fingerprint density at radius 3 is 1.54 bits per heavy atom. The van der Waals surface area contributed by atoms with Crippen molar-refractivity contribution < 1.29 is 48.1 Å². The molecular weight excluding hydrogens is 809 g/mol. The Bertz CT molecular complexity index is 1800. The summed E-state index contributed by atoms with van der Waals surface area (Å²) in [5, 5.41) is 25.7. The number of hydrogen-bond acceptors (Lipinski definition) is 9. The van der Waals surface area contributed by atoms with Gasteiger partial charge in [-0.05, 0) is 135 Å².